The van der Waals surface area contributed by atoms with Gasteiger partial charge in [0.1, 0.15) is 0 Å². The SMILES string of the molecule is CCCCN(C(=S)[S-])c1ccccc1C.CCCCN(C(=S)[S-])c1ccccc1C.[Zn+2]. The monoisotopic (exact) mass is 540 g/mol. The van der Waals surface area contributed by atoms with E-state index in [0.717, 1.165) is 50.1 Å². The molecule has 0 amide bonds. The van der Waals surface area contributed by atoms with Crippen molar-refractivity contribution in [2.45, 2.75) is 53.4 Å². The summed E-state index contributed by atoms with van der Waals surface area (Å²) in [5.74, 6) is 0. The Bertz CT molecular complexity index is 746. The molecule has 0 saturated carbocycles. The van der Waals surface area contributed by atoms with Gasteiger partial charge in [-0.05, 0) is 49.9 Å². The van der Waals surface area contributed by atoms with E-state index < -0.39 is 0 Å². The number of thiocarbonyl (C=S) groups is 2. The quantitative estimate of drug-likeness (QED) is 0.203. The van der Waals surface area contributed by atoms with E-state index in [1.54, 1.807) is 0 Å². The van der Waals surface area contributed by atoms with E-state index in [1.807, 2.05) is 34.1 Å². The Morgan fingerprint density at radius 2 is 1.03 bits per heavy atom. The second-order valence-electron chi connectivity index (χ2n) is 7.12. The first kappa shape index (κ1) is 30.3. The molecular weight excluding hydrogens is 510 g/mol. The first-order valence-corrected chi connectivity index (χ1v) is 12.0. The van der Waals surface area contributed by atoms with E-state index >= 15 is 0 Å². The summed E-state index contributed by atoms with van der Waals surface area (Å²) in [5, 5.41) is 0. The number of aryl methyl sites for hydroxylation is 2. The number of benzene rings is 2. The van der Waals surface area contributed by atoms with Gasteiger partial charge in [0, 0.05) is 24.5 Å². The van der Waals surface area contributed by atoms with Crippen molar-refractivity contribution in [1.29, 1.82) is 0 Å². The van der Waals surface area contributed by atoms with Crippen molar-refractivity contribution >= 4 is 69.7 Å². The molecule has 2 aromatic carbocycles. The number of nitrogens with zero attached hydrogens (tertiary/aromatic N) is 2. The average Bonchev–Trinajstić information content (AvgIpc) is 2.71. The van der Waals surface area contributed by atoms with E-state index in [-0.39, 0.29) is 19.5 Å². The van der Waals surface area contributed by atoms with Crippen LogP contribution in [0.1, 0.15) is 50.7 Å². The first-order chi connectivity index (χ1) is 14.3. The average molecular weight is 542 g/mol. The molecule has 0 aromatic heterocycles. The Morgan fingerprint density at radius 1 is 0.710 bits per heavy atom. The van der Waals surface area contributed by atoms with Crippen LogP contribution in [0.2, 0.25) is 0 Å². The van der Waals surface area contributed by atoms with Crippen LogP contribution >= 0.6 is 24.4 Å². The smallest absolute Gasteiger partial charge is 0.411 e. The van der Waals surface area contributed by atoms with Gasteiger partial charge in [0.25, 0.3) is 0 Å². The molecule has 164 valence electrons. The van der Waals surface area contributed by atoms with Crippen LogP contribution in [-0.2, 0) is 44.7 Å². The summed E-state index contributed by atoms with van der Waals surface area (Å²) < 4.78 is 1.08. The van der Waals surface area contributed by atoms with Crippen LogP contribution in [0.15, 0.2) is 48.5 Å². The number of anilines is 2. The van der Waals surface area contributed by atoms with Gasteiger partial charge in [0.15, 0.2) is 0 Å². The van der Waals surface area contributed by atoms with Gasteiger partial charge in [0.05, 0.1) is 0 Å². The predicted molar refractivity (Wildman–Crippen MR) is 147 cm³/mol. The Kier molecular flexibility index (Phi) is 16.5. The molecule has 7 heteroatoms. The largest absolute Gasteiger partial charge is 2.00 e. The number of hydrogen-bond donors (Lipinski definition) is 0. The van der Waals surface area contributed by atoms with Crippen molar-refractivity contribution in [1.82, 2.24) is 0 Å². The van der Waals surface area contributed by atoms with Gasteiger partial charge in [-0.1, -0.05) is 71.7 Å². The van der Waals surface area contributed by atoms with E-state index in [4.69, 9.17) is 49.7 Å². The zero-order valence-electron chi connectivity index (χ0n) is 19.1. The molecule has 2 aromatic rings. The van der Waals surface area contributed by atoms with Crippen LogP contribution < -0.4 is 9.80 Å². The molecular formula is C24H32N2S4Zn. The standard InChI is InChI=1S/2C12H17NS2.Zn/c2*1-3-4-9-13(12(14)15)11-8-6-5-7-10(11)2;/h2*5-8H,3-4,9H2,1-2H3,(H,14,15);/q;;+2/p-2. The van der Waals surface area contributed by atoms with Crippen molar-refractivity contribution in [2.75, 3.05) is 22.9 Å². The molecule has 31 heavy (non-hydrogen) atoms. The molecule has 0 atom stereocenters. The van der Waals surface area contributed by atoms with Crippen molar-refractivity contribution in [2.24, 2.45) is 0 Å². The minimum Gasteiger partial charge on any atom is -0.411 e. The zero-order valence-corrected chi connectivity index (χ0v) is 25.3. The van der Waals surface area contributed by atoms with Crippen LogP contribution in [0, 0.1) is 13.8 Å². The first-order valence-electron chi connectivity index (χ1n) is 10.4. The normalized spacial score (nSPS) is 9.68. The van der Waals surface area contributed by atoms with Gasteiger partial charge < -0.3 is 59.5 Å². The van der Waals surface area contributed by atoms with E-state index in [1.165, 1.54) is 11.1 Å². The van der Waals surface area contributed by atoms with Crippen molar-refractivity contribution in [3.8, 4) is 0 Å². The summed E-state index contributed by atoms with van der Waals surface area (Å²) in [7, 11) is 0. The molecule has 0 unspecified atom stereocenters. The zero-order chi connectivity index (χ0) is 22.5. The van der Waals surface area contributed by atoms with E-state index in [9.17, 15) is 0 Å². The van der Waals surface area contributed by atoms with Crippen LogP contribution in [0.25, 0.3) is 0 Å². The van der Waals surface area contributed by atoms with Crippen molar-refractivity contribution < 1.29 is 19.5 Å². The van der Waals surface area contributed by atoms with Crippen LogP contribution in [0.4, 0.5) is 11.4 Å². The maximum Gasteiger partial charge on any atom is 2.00 e. The molecule has 0 aliphatic heterocycles. The Labute approximate surface area is 223 Å². The number of hydrogen-bond acceptors (Lipinski definition) is 4. The molecule has 0 heterocycles. The molecule has 2 nitrogen and oxygen atoms in total. The Morgan fingerprint density at radius 3 is 1.29 bits per heavy atom. The molecule has 2 rings (SSSR count). The van der Waals surface area contributed by atoms with Gasteiger partial charge in [-0.3, -0.25) is 0 Å². The van der Waals surface area contributed by atoms with Gasteiger partial charge in [-0.15, -0.1) is 0 Å². The molecule has 0 saturated heterocycles. The summed E-state index contributed by atoms with van der Waals surface area (Å²) >= 11 is 20.5. The number of rotatable bonds is 8. The van der Waals surface area contributed by atoms with Gasteiger partial charge >= 0.3 is 19.5 Å². The summed E-state index contributed by atoms with van der Waals surface area (Å²) in [5.41, 5.74) is 4.73. The van der Waals surface area contributed by atoms with Crippen LogP contribution in [0.5, 0.6) is 0 Å². The molecule has 0 aliphatic rings. The topological polar surface area (TPSA) is 6.48 Å². The number of para-hydroxylation sites is 2. The fourth-order valence-electron chi connectivity index (χ4n) is 2.99. The number of unbranched alkanes of at least 4 members (excludes halogenated alkanes) is 2. The fraction of sp³-hybridized carbons (Fsp3) is 0.417. The van der Waals surface area contributed by atoms with Gasteiger partial charge in [-0.2, -0.15) is 0 Å². The van der Waals surface area contributed by atoms with Crippen LogP contribution in [-0.4, -0.2) is 21.7 Å². The molecule has 0 aliphatic carbocycles. The molecule has 0 fully saturated rings. The van der Waals surface area contributed by atoms with Crippen LogP contribution in [0.3, 0.4) is 0 Å². The molecule has 0 bridgehead atoms. The van der Waals surface area contributed by atoms with Gasteiger partial charge in [0.2, 0.25) is 0 Å². The molecule has 0 N–H and O–H groups in total. The summed E-state index contributed by atoms with van der Waals surface area (Å²) in [6, 6.07) is 16.4. The predicted octanol–water partition coefficient (Wildman–Crippen LogP) is 6.86. The minimum absolute atomic E-state index is 0. The minimum atomic E-state index is 0. The third kappa shape index (κ3) is 10.6. The third-order valence-corrected chi connectivity index (χ3v) is 5.61. The maximum absolute atomic E-state index is 5.11. The Balaban J connectivity index is 0.000000562. The summed E-state index contributed by atoms with van der Waals surface area (Å²) in [6.07, 6.45) is 4.54. The summed E-state index contributed by atoms with van der Waals surface area (Å²) in [4.78, 5) is 4.09. The second-order valence-corrected chi connectivity index (χ2v) is 9.18. The molecule has 0 spiro atoms. The van der Waals surface area contributed by atoms with E-state index in [0.29, 0.717) is 8.64 Å². The van der Waals surface area contributed by atoms with E-state index in [2.05, 4.69) is 52.0 Å². The fourth-order valence-corrected chi connectivity index (χ4v) is 3.74. The Hall–Kier alpha value is -0.717. The van der Waals surface area contributed by atoms with Crippen molar-refractivity contribution in [3.63, 3.8) is 0 Å². The maximum atomic E-state index is 5.11. The second kappa shape index (κ2) is 16.9. The van der Waals surface area contributed by atoms with Gasteiger partial charge in [-0.25, -0.2) is 0 Å². The summed E-state index contributed by atoms with van der Waals surface area (Å²) in [6.45, 7) is 10.3. The third-order valence-electron chi connectivity index (χ3n) is 4.72. The molecule has 0 radical (unpaired) electrons. The van der Waals surface area contributed by atoms with Crippen molar-refractivity contribution in [3.05, 3.63) is 59.7 Å².